The number of nitrogens with one attached hydrogen (secondary N) is 3. The average molecular weight is 442 g/mol. The predicted octanol–water partition coefficient (Wildman–Crippen LogP) is 3.03. The third-order valence-electron chi connectivity index (χ3n) is 6.27. The van der Waals surface area contributed by atoms with Crippen LogP contribution < -0.4 is 20.1 Å². The lowest BCUT2D eigenvalue weighted by Gasteiger charge is -2.06. The van der Waals surface area contributed by atoms with Crippen molar-refractivity contribution in [2.45, 2.75) is 13.0 Å². The van der Waals surface area contributed by atoms with Crippen LogP contribution >= 0.6 is 0 Å². The van der Waals surface area contributed by atoms with Crippen molar-refractivity contribution in [1.82, 2.24) is 20.2 Å². The Balaban J connectivity index is 1.63. The van der Waals surface area contributed by atoms with E-state index in [1.165, 1.54) is 0 Å². The Morgan fingerprint density at radius 2 is 1.85 bits per heavy atom. The summed E-state index contributed by atoms with van der Waals surface area (Å²) in [5, 5.41) is 7.34. The van der Waals surface area contributed by atoms with Crippen LogP contribution in [0.2, 0.25) is 0 Å². The van der Waals surface area contributed by atoms with Gasteiger partial charge in [-0.05, 0) is 38.2 Å². The zero-order valence-corrected chi connectivity index (χ0v) is 18.0. The van der Waals surface area contributed by atoms with Crippen LogP contribution in [-0.2, 0) is 16.1 Å². The molecule has 0 radical (unpaired) electrons. The van der Waals surface area contributed by atoms with Gasteiger partial charge in [0, 0.05) is 41.0 Å². The first-order valence-electron chi connectivity index (χ1n) is 10.9. The van der Waals surface area contributed by atoms with Crippen molar-refractivity contribution in [3.8, 4) is 11.5 Å². The molecule has 3 N–H and O–H groups in total. The van der Waals surface area contributed by atoms with Gasteiger partial charge in [0.15, 0.2) is 11.5 Å². The lowest BCUT2D eigenvalue weighted by Crippen LogP contribution is -2.22. The Morgan fingerprint density at radius 3 is 2.70 bits per heavy atom. The molecule has 0 saturated carbocycles. The van der Waals surface area contributed by atoms with E-state index in [0.29, 0.717) is 33.8 Å². The van der Waals surface area contributed by atoms with Gasteiger partial charge < -0.3 is 24.3 Å². The van der Waals surface area contributed by atoms with Gasteiger partial charge in [-0.3, -0.25) is 14.9 Å². The number of aromatic nitrogens is 2. The molecule has 0 fully saturated rings. The van der Waals surface area contributed by atoms with Gasteiger partial charge in [0.05, 0.1) is 22.0 Å². The first-order chi connectivity index (χ1) is 16.2. The van der Waals surface area contributed by atoms with Crippen molar-refractivity contribution in [2.75, 3.05) is 20.4 Å². The van der Waals surface area contributed by atoms with Gasteiger partial charge in [0.2, 0.25) is 6.79 Å². The highest BCUT2D eigenvalue weighted by Crippen LogP contribution is 2.46. The second kappa shape index (κ2) is 7.53. The van der Waals surface area contributed by atoms with Crippen LogP contribution in [0, 0.1) is 0 Å². The number of fused-ring (bicyclic) bond motifs is 4. The number of aryl methyl sites for hydroxylation is 1. The monoisotopic (exact) mass is 442 g/mol. The van der Waals surface area contributed by atoms with Gasteiger partial charge in [-0.1, -0.05) is 18.2 Å². The van der Waals surface area contributed by atoms with Crippen molar-refractivity contribution in [1.29, 1.82) is 0 Å². The molecular weight excluding hydrogens is 420 g/mol. The molecule has 2 aliphatic rings. The van der Waals surface area contributed by atoms with Gasteiger partial charge in [0.25, 0.3) is 11.8 Å². The summed E-state index contributed by atoms with van der Waals surface area (Å²) in [6.07, 6.45) is 4.65. The number of rotatable bonds is 6. The molecule has 6 rings (SSSR count). The van der Waals surface area contributed by atoms with Crippen LogP contribution in [-0.4, -0.2) is 41.8 Å². The summed E-state index contributed by atoms with van der Waals surface area (Å²) < 4.78 is 13.5. The second-order valence-corrected chi connectivity index (χ2v) is 8.17. The van der Waals surface area contributed by atoms with Gasteiger partial charge >= 0.3 is 0 Å². The van der Waals surface area contributed by atoms with E-state index in [9.17, 15) is 9.59 Å². The fourth-order valence-electron chi connectivity index (χ4n) is 4.80. The van der Waals surface area contributed by atoms with Crippen molar-refractivity contribution in [3.63, 3.8) is 0 Å². The summed E-state index contributed by atoms with van der Waals surface area (Å²) in [5.74, 6) is 0.426. The zero-order chi connectivity index (χ0) is 22.5. The lowest BCUT2D eigenvalue weighted by molar-refractivity contribution is -0.122. The minimum atomic E-state index is -0.411. The van der Waals surface area contributed by atoms with E-state index in [1.807, 2.05) is 49.6 Å². The number of amides is 2. The number of para-hydroxylation sites is 1. The fourth-order valence-corrected chi connectivity index (χ4v) is 4.80. The highest BCUT2D eigenvalue weighted by molar-refractivity contribution is 6.51. The van der Waals surface area contributed by atoms with E-state index in [2.05, 4.69) is 20.2 Å². The lowest BCUT2D eigenvalue weighted by atomic mass is 9.95. The van der Waals surface area contributed by atoms with Crippen molar-refractivity contribution >= 4 is 44.8 Å². The fraction of sp³-hybridized carbons (Fsp3) is 0.200. The number of imide groups is 1. The summed E-state index contributed by atoms with van der Waals surface area (Å²) >= 11 is 0. The topological polar surface area (TPSA) is 97.4 Å². The van der Waals surface area contributed by atoms with Crippen molar-refractivity contribution in [3.05, 3.63) is 59.9 Å². The number of ether oxygens (including phenoxy) is 2. The Hall–Kier alpha value is -4.04. The molecule has 0 saturated heterocycles. The largest absolute Gasteiger partial charge is 0.454 e. The van der Waals surface area contributed by atoms with E-state index >= 15 is 0 Å². The summed E-state index contributed by atoms with van der Waals surface area (Å²) in [6, 6.07) is 11.6. The molecule has 0 aliphatic carbocycles. The minimum Gasteiger partial charge on any atom is -0.454 e. The molecule has 4 heterocycles. The van der Waals surface area contributed by atoms with Gasteiger partial charge in [-0.2, -0.15) is 0 Å². The van der Waals surface area contributed by atoms with Gasteiger partial charge in [0.1, 0.15) is 0 Å². The molecule has 8 heteroatoms. The number of H-pyrrole nitrogens is 1. The van der Waals surface area contributed by atoms with Gasteiger partial charge in [-0.25, -0.2) is 0 Å². The summed E-state index contributed by atoms with van der Waals surface area (Å²) in [7, 11) is 1.92. The molecule has 2 aromatic heterocycles. The number of carbonyl (C=O) groups excluding carboxylic acids is 2. The first-order valence-corrected chi connectivity index (χ1v) is 10.9. The van der Waals surface area contributed by atoms with Crippen LogP contribution in [0.4, 0.5) is 0 Å². The van der Waals surface area contributed by atoms with Crippen LogP contribution in [0.3, 0.4) is 0 Å². The molecule has 33 heavy (non-hydrogen) atoms. The minimum absolute atomic E-state index is 0.123. The molecule has 2 aromatic carbocycles. The highest BCUT2D eigenvalue weighted by Gasteiger charge is 2.36. The molecule has 2 amide bonds. The molecule has 4 aromatic rings. The van der Waals surface area contributed by atoms with Crippen LogP contribution in [0.25, 0.3) is 33.0 Å². The van der Waals surface area contributed by atoms with E-state index < -0.39 is 11.8 Å². The van der Waals surface area contributed by atoms with E-state index in [-0.39, 0.29) is 6.79 Å². The summed E-state index contributed by atoms with van der Waals surface area (Å²) in [6.45, 7) is 1.74. The van der Waals surface area contributed by atoms with Crippen molar-refractivity contribution < 1.29 is 19.1 Å². The Labute approximate surface area is 189 Å². The average Bonchev–Trinajstić information content (AvgIpc) is 3.57. The van der Waals surface area contributed by atoms with Crippen LogP contribution in [0.15, 0.2) is 48.8 Å². The third kappa shape index (κ3) is 2.95. The molecule has 2 aliphatic heterocycles. The number of benzene rings is 2. The normalized spacial score (nSPS) is 15.3. The smallest absolute Gasteiger partial charge is 0.259 e. The second-order valence-electron chi connectivity index (χ2n) is 8.17. The number of aromatic amines is 1. The maximum absolute atomic E-state index is 13.1. The SMILES string of the molecule is CNCCCn1cc(C2=C(c3c[nH]c4ccccc34)C(=O)NC2=O)c2c3c(ccc21)OCO3. The number of nitrogens with zero attached hydrogens (tertiary/aromatic N) is 1. The number of hydrogen-bond acceptors (Lipinski definition) is 5. The van der Waals surface area contributed by atoms with Gasteiger partial charge in [-0.15, -0.1) is 0 Å². The number of hydrogen-bond donors (Lipinski definition) is 3. The molecular formula is C25H22N4O4. The molecule has 0 atom stereocenters. The molecule has 0 bridgehead atoms. The standard InChI is InChI=1S/C25H22N4O4/c1-26-9-4-10-29-12-16(20-18(29)7-8-19-23(20)33-13-32-19)22-21(24(30)28-25(22)31)15-11-27-17-6-3-2-5-14(15)17/h2-3,5-8,11-12,26-27H,4,9-10,13H2,1H3,(H,28,30,31). The maximum atomic E-state index is 13.1. The Bertz CT molecular complexity index is 1480. The third-order valence-corrected chi connectivity index (χ3v) is 6.27. The maximum Gasteiger partial charge on any atom is 0.259 e. The molecule has 8 nitrogen and oxygen atoms in total. The predicted molar refractivity (Wildman–Crippen MR) is 125 cm³/mol. The van der Waals surface area contributed by atoms with E-state index in [4.69, 9.17) is 9.47 Å². The zero-order valence-electron chi connectivity index (χ0n) is 18.0. The summed E-state index contributed by atoms with van der Waals surface area (Å²) in [5.41, 5.74) is 3.92. The quantitative estimate of drug-likeness (QED) is 0.315. The van der Waals surface area contributed by atoms with E-state index in [1.54, 1.807) is 6.20 Å². The molecule has 0 spiro atoms. The van der Waals surface area contributed by atoms with Crippen molar-refractivity contribution in [2.24, 2.45) is 0 Å². The molecule has 0 unspecified atom stereocenters. The highest BCUT2D eigenvalue weighted by atomic mass is 16.7. The number of carbonyl (C=O) groups is 2. The first kappa shape index (κ1) is 19.6. The van der Waals surface area contributed by atoms with Crippen LogP contribution in [0.5, 0.6) is 11.5 Å². The Kier molecular flexibility index (Phi) is 4.48. The van der Waals surface area contributed by atoms with E-state index in [0.717, 1.165) is 41.3 Å². The summed E-state index contributed by atoms with van der Waals surface area (Å²) in [4.78, 5) is 29.4. The molecule has 166 valence electrons. The van der Waals surface area contributed by atoms with Crippen LogP contribution in [0.1, 0.15) is 17.5 Å². The Morgan fingerprint density at radius 1 is 1.03 bits per heavy atom.